The predicted molar refractivity (Wildman–Crippen MR) is 89.1 cm³/mol. The molecule has 0 atom stereocenters. The first-order chi connectivity index (χ1) is 10.8. The number of hydrogen-bond donors (Lipinski definition) is 1. The van der Waals surface area contributed by atoms with Crippen LogP contribution in [0.1, 0.15) is 46.0 Å². The zero-order chi connectivity index (χ0) is 15.8. The van der Waals surface area contributed by atoms with E-state index >= 15 is 0 Å². The van der Waals surface area contributed by atoms with Gasteiger partial charge in [0.25, 0.3) is 0 Å². The highest BCUT2D eigenvalue weighted by Gasteiger charge is 2.29. The summed E-state index contributed by atoms with van der Waals surface area (Å²) in [5.41, 5.74) is 0. The van der Waals surface area contributed by atoms with Crippen LogP contribution in [0.4, 0.5) is 0 Å². The van der Waals surface area contributed by atoms with Crippen molar-refractivity contribution in [2.45, 2.75) is 52.1 Å². The van der Waals surface area contributed by atoms with E-state index in [9.17, 15) is 5.11 Å². The van der Waals surface area contributed by atoms with Gasteiger partial charge in [-0.15, -0.1) is 0 Å². The SMILES string of the molecule is CCCCN1C=NN(C(CCO)N2CN(CCCC)C=N2)C1. The zero-order valence-electron chi connectivity index (χ0n) is 13.9. The summed E-state index contributed by atoms with van der Waals surface area (Å²) in [4.78, 5) is 4.45. The number of rotatable bonds is 10. The molecule has 126 valence electrons. The Labute approximate surface area is 133 Å². The minimum absolute atomic E-state index is 0.0238. The molecule has 2 aliphatic heterocycles. The van der Waals surface area contributed by atoms with Crippen LogP contribution in [0.15, 0.2) is 10.2 Å². The fraction of sp³-hybridized carbons (Fsp3) is 0.867. The van der Waals surface area contributed by atoms with E-state index in [1.807, 2.05) is 22.7 Å². The van der Waals surface area contributed by atoms with Gasteiger partial charge in [0.05, 0.1) is 0 Å². The van der Waals surface area contributed by atoms with Crippen LogP contribution in [-0.2, 0) is 0 Å². The Morgan fingerprint density at radius 3 is 1.86 bits per heavy atom. The number of hydrogen-bond acceptors (Lipinski definition) is 7. The smallest absolute Gasteiger partial charge is 0.140 e. The summed E-state index contributed by atoms with van der Waals surface area (Å²) in [6.45, 7) is 8.18. The second kappa shape index (κ2) is 8.82. The van der Waals surface area contributed by atoms with Gasteiger partial charge in [-0.25, -0.2) is 0 Å². The first kappa shape index (κ1) is 16.9. The third-order valence-corrected chi connectivity index (χ3v) is 4.05. The Hall–Kier alpha value is -1.50. The van der Waals surface area contributed by atoms with Crippen molar-refractivity contribution in [3.05, 3.63) is 0 Å². The molecule has 0 radical (unpaired) electrons. The van der Waals surface area contributed by atoms with Crippen molar-refractivity contribution in [1.82, 2.24) is 19.8 Å². The molecule has 2 rings (SSSR count). The maximum Gasteiger partial charge on any atom is 0.140 e. The van der Waals surface area contributed by atoms with E-state index in [0.717, 1.165) is 26.4 Å². The lowest BCUT2D eigenvalue weighted by molar-refractivity contribution is 0.0112. The molecule has 2 heterocycles. The molecule has 0 spiro atoms. The highest BCUT2D eigenvalue weighted by atomic mass is 16.3. The molecule has 0 aromatic heterocycles. The summed E-state index contributed by atoms with van der Waals surface area (Å²) in [5, 5.41) is 22.5. The lowest BCUT2D eigenvalue weighted by atomic mass is 10.3. The van der Waals surface area contributed by atoms with Crippen molar-refractivity contribution in [2.75, 3.05) is 33.0 Å². The Morgan fingerprint density at radius 2 is 1.45 bits per heavy atom. The maximum atomic E-state index is 9.39. The number of aliphatic hydroxyl groups is 1. The van der Waals surface area contributed by atoms with Crippen LogP contribution in [0.3, 0.4) is 0 Å². The summed E-state index contributed by atoms with van der Waals surface area (Å²) >= 11 is 0. The number of aliphatic hydroxyl groups excluding tert-OH is 1. The Kier molecular flexibility index (Phi) is 6.76. The molecule has 2 aliphatic rings. The number of nitrogens with zero attached hydrogens (tertiary/aromatic N) is 6. The van der Waals surface area contributed by atoms with E-state index in [0.29, 0.717) is 6.42 Å². The Morgan fingerprint density at radius 1 is 0.955 bits per heavy atom. The van der Waals surface area contributed by atoms with Crippen LogP contribution in [0.2, 0.25) is 0 Å². The molecule has 22 heavy (non-hydrogen) atoms. The van der Waals surface area contributed by atoms with Crippen LogP contribution in [0.5, 0.6) is 0 Å². The van der Waals surface area contributed by atoms with Gasteiger partial charge in [0.2, 0.25) is 0 Å². The van der Waals surface area contributed by atoms with Gasteiger partial charge in [-0.3, -0.25) is 10.0 Å². The molecule has 0 saturated heterocycles. The third kappa shape index (κ3) is 4.50. The van der Waals surface area contributed by atoms with Crippen molar-refractivity contribution in [3.63, 3.8) is 0 Å². The molecule has 0 unspecified atom stereocenters. The summed E-state index contributed by atoms with van der Waals surface area (Å²) < 4.78 is 0. The van der Waals surface area contributed by atoms with Crippen LogP contribution < -0.4 is 0 Å². The highest BCUT2D eigenvalue weighted by Crippen LogP contribution is 2.18. The van der Waals surface area contributed by atoms with Crippen molar-refractivity contribution >= 4 is 12.7 Å². The molecule has 7 nitrogen and oxygen atoms in total. The molecule has 0 aliphatic carbocycles. The fourth-order valence-corrected chi connectivity index (χ4v) is 2.69. The zero-order valence-corrected chi connectivity index (χ0v) is 13.9. The topological polar surface area (TPSA) is 57.9 Å². The predicted octanol–water partition coefficient (Wildman–Crippen LogP) is 1.33. The maximum absolute atomic E-state index is 9.39. The molecule has 0 aromatic carbocycles. The van der Waals surface area contributed by atoms with Crippen LogP contribution >= 0.6 is 0 Å². The van der Waals surface area contributed by atoms with E-state index in [2.05, 4.69) is 33.9 Å². The van der Waals surface area contributed by atoms with E-state index < -0.39 is 0 Å². The lowest BCUT2D eigenvalue weighted by Crippen LogP contribution is -2.46. The van der Waals surface area contributed by atoms with Crippen molar-refractivity contribution in [3.8, 4) is 0 Å². The Bertz CT molecular complexity index is 343. The summed E-state index contributed by atoms with van der Waals surface area (Å²) in [5.74, 6) is 0. The largest absolute Gasteiger partial charge is 0.396 e. The van der Waals surface area contributed by atoms with Gasteiger partial charge in [0.1, 0.15) is 32.2 Å². The average Bonchev–Trinajstić information content (AvgIpc) is 3.18. The van der Waals surface area contributed by atoms with Crippen LogP contribution in [0.25, 0.3) is 0 Å². The normalized spacial score (nSPS) is 17.6. The van der Waals surface area contributed by atoms with Crippen LogP contribution in [0, 0.1) is 0 Å². The first-order valence-electron chi connectivity index (χ1n) is 8.49. The average molecular weight is 310 g/mol. The van der Waals surface area contributed by atoms with Gasteiger partial charge >= 0.3 is 0 Å². The summed E-state index contributed by atoms with van der Waals surface area (Å²) in [7, 11) is 0. The summed E-state index contributed by atoms with van der Waals surface area (Å²) in [6.07, 6.45) is 9.23. The quantitative estimate of drug-likeness (QED) is 0.660. The minimum Gasteiger partial charge on any atom is -0.396 e. The number of hydrazone groups is 2. The second-order valence-electron chi connectivity index (χ2n) is 5.95. The van der Waals surface area contributed by atoms with E-state index in [4.69, 9.17) is 0 Å². The van der Waals surface area contributed by atoms with Crippen LogP contribution in [-0.4, -0.2) is 76.8 Å². The van der Waals surface area contributed by atoms with Crippen molar-refractivity contribution in [1.29, 1.82) is 0 Å². The Balaban J connectivity index is 1.86. The van der Waals surface area contributed by atoms with E-state index in [-0.39, 0.29) is 12.8 Å². The van der Waals surface area contributed by atoms with E-state index in [1.54, 1.807) is 0 Å². The monoisotopic (exact) mass is 310 g/mol. The summed E-state index contributed by atoms with van der Waals surface area (Å²) in [6, 6.07) is 0. The molecule has 0 fully saturated rings. The van der Waals surface area contributed by atoms with E-state index in [1.165, 1.54) is 25.7 Å². The minimum atomic E-state index is 0.0238. The molecular weight excluding hydrogens is 280 g/mol. The standard InChI is InChI=1S/C15H30N6O/c1-3-5-8-18-11-16-20(13-18)15(7-10-22)21-14-19(12-17-21)9-6-4-2/h11-12,15,22H,3-10,13-14H2,1-2H3. The van der Waals surface area contributed by atoms with Gasteiger partial charge in [-0.1, -0.05) is 26.7 Å². The van der Waals surface area contributed by atoms with Gasteiger partial charge < -0.3 is 14.9 Å². The molecule has 0 bridgehead atoms. The fourth-order valence-electron chi connectivity index (χ4n) is 2.69. The molecule has 0 aromatic rings. The second-order valence-corrected chi connectivity index (χ2v) is 5.95. The lowest BCUT2D eigenvalue weighted by Gasteiger charge is -2.33. The van der Waals surface area contributed by atoms with Gasteiger partial charge in [0, 0.05) is 26.1 Å². The van der Waals surface area contributed by atoms with Crippen molar-refractivity contribution in [2.24, 2.45) is 10.2 Å². The first-order valence-corrected chi connectivity index (χ1v) is 8.49. The third-order valence-electron chi connectivity index (χ3n) is 4.05. The molecular formula is C15H30N6O. The molecule has 0 saturated carbocycles. The number of unbranched alkanes of at least 4 members (excludes halogenated alkanes) is 2. The highest BCUT2D eigenvalue weighted by molar-refractivity contribution is 5.57. The van der Waals surface area contributed by atoms with Crippen molar-refractivity contribution < 1.29 is 5.11 Å². The molecule has 0 amide bonds. The van der Waals surface area contributed by atoms with Gasteiger partial charge in [-0.2, -0.15) is 10.2 Å². The molecule has 1 N–H and O–H groups in total. The molecule has 7 heteroatoms. The van der Waals surface area contributed by atoms with Gasteiger partial charge in [0.15, 0.2) is 0 Å². The van der Waals surface area contributed by atoms with Gasteiger partial charge in [-0.05, 0) is 12.8 Å².